The fourth-order valence-electron chi connectivity index (χ4n) is 4.95. The van der Waals surface area contributed by atoms with Crippen LogP contribution < -0.4 is 10.5 Å². The van der Waals surface area contributed by atoms with Crippen molar-refractivity contribution in [3.8, 4) is 0 Å². The molecule has 0 radical (unpaired) electrons. The zero-order chi connectivity index (χ0) is 23.8. The van der Waals surface area contributed by atoms with Crippen LogP contribution in [0.4, 0.5) is 11.4 Å². The first-order valence-electron chi connectivity index (χ1n) is 11.3. The Labute approximate surface area is 196 Å². The van der Waals surface area contributed by atoms with Gasteiger partial charge in [-0.1, -0.05) is 48.5 Å². The third-order valence-electron chi connectivity index (χ3n) is 6.74. The SMILES string of the molecule is Cn1c(=O)c([N+](=O)[O-])c(N2CCN(Cc3cccc4ccccc34)CC2)c2cc(CO)ccc21. The molecule has 0 aliphatic carbocycles. The molecule has 3 aromatic carbocycles. The Bertz CT molecular complexity index is 1450. The fraction of sp³-hybridized carbons (Fsp3) is 0.269. The largest absolute Gasteiger partial charge is 0.392 e. The van der Waals surface area contributed by atoms with E-state index in [9.17, 15) is 20.0 Å². The first kappa shape index (κ1) is 22.1. The predicted molar refractivity (Wildman–Crippen MR) is 133 cm³/mol. The van der Waals surface area contributed by atoms with Crippen LogP contribution in [-0.4, -0.2) is 45.7 Å². The molecule has 5 rings (SSSR count). The summed E-state index contributed by atoms with van der Waals surface area (Å²) in [6, 6.07) is 19.9. The molecule has 8 nitrogen and oxygen atoms in total. The Hall–Kier alpha value is -3.75. The van der Waals surface area contributed by atoms with Gasteiger partial charge in [-0.25, -0.2) is 0 Å². The maximum absolute atomic E-state index is 12.9. The van der Waals surface area contributed by atoms with E-state index < -0.39 is 16.2 Å². The minimum atomic E-state index is -0.623. The molecule has 0 bridgehead atoms. The van der Waals surface area contributed by atoms with Gasteiger partial charge in [-0.3, -0.25) is 19.8 Å². The molecule has 1 aliphatic rings. The van der Waals surface area contributed by atoms with Gasteiger partial charge in [0.25, 0.3) is 0 Å². The topological polar surface area (TPSA) is 91.8 Å². The average molecular weight is 459 g/mol. The smallest absolute Gasteiger partial charge is 0.357 e. The summed E-state index contributed by atoms with van der Waals surface area (Å²) in [6.07, 6.45) is 0. The second kappa shape index (κ2) is 8.89. The number of hydrogen-bond acceptors (Lipinski definition) is 6. The van der Waals surface area contributed by atoms with Gasteiger partial charge in [-0.05, 0) is 34.0 Å². The van der Waals surface area contributed by atoms with E-state index in [1.807, 2.05) is 17.0 Å². The lowest BCUT2D eigenvalue weighted by molar-refractivity contribution is -0.385. The maximum atomic E-state index is 12.9. The van der Waals surface area contributed by atoms with E-state index in [-0.39, 0.29) is 6.61 Å². The lowest BCUT2D eigenvalue weighted by Gasteiger charge is -2.36. The molecule has 1 aliphatic heterocycles. The molecular formula is C26H26N4O4. The zero-order valence-electron chi connectivity index (χ0n) is 19.0. The standard InChI is InChI=1S/C26H26N4O4/c1-27-23-10-9-18(17-31)15-22(23)24(25(26(27)32)30(33)34)29-13-11-28(12-14-29)16-20-7-4-6-19-5-2-3-8-21(19)20/h2-10,15,31H,11-14,16-17H2,1H3. The highest BCUT2D eigenvalue weighted by atomic mass is 16.6. The van der Waals surface area contributed by atoms with Crippen molar-refractivity contribution in [1.29, 1.82) is 0 Å². The molecule has 4 aromatic rings. The summed E-state index contributed by atoms with van der Waals surface area (Å²) in [5.41, 5.74) is 1.83. The number of pyridine rings is 1. The van der Waals surface area contributed by atoms with E-state index in [0.29, 0.717) is 35.2 Å². The number of nitro groups is 1. The summed E-state index contributed by atoms with van der Waals surface area (Å²) >= 11 is 0. The Morgan fingerprint density at radius 2 is 1.71 bits per heavy atom. The van der Waals surface area contributed by atoms with Gasteiger partial charge in [-0.15, -0.1) is 0 Å². The van der Waals surface area contributed by atoms with Crippen molar-refractivity contribution < 1.29 is 10.0 Å². The number of aliphatic hydroxyl groups excluding tert-OH is 1. The van der Waals surface area contributed by atoms with E-state index in [1.54, 1.807) is 25.2 Å². The number of piperazine rings is 1. The quantitative estimate of drug-likeness (QED) is 0.364. The van der Waals surface area contributed by atoms with Crippen molar-refractivity contribution in [2.24, 2.45) is 7.05 Å². The molecule has 0 saturated carbocycles. The molecule has 2 heterocycles. The van der Waals surface area contributed by atoms with Crippen LogP contribution in [0.5, 0.6) is 0 Å². The Balaban J connectivity index is 1.47. The number of hydrogen-bond donors (Lipinski definition) is 1. The van der Waals surface area contributed by atoms with Crippen LogP contribution in [0, 0.1) is 10.1 Å². The predicted octanol–water partition coefficient (Wildman–Crippen LogP) is 3.41. The van der Waals surface area contributed by atoms with Crippen molar-refractivity contribution in [2.75, 3.05) is 31.1 Å². The van der Waals surface area contributed by atoms with Crippen LogP contribution in [0.2, 0.25) is 0 Å². The zero-order valence-corrected chi connectivity index (χ0v) is 19.0. The van der Waals surface area contributed by atoms with Crippen molar-refractivity contribution in [1.82, 2.24) is 9.47 Å². The first-order valence-corrected chi connectivity index (χ1v) is 11.3. The summed E-state index contributed by atoms with van der Waals surface area (Å²) in [6.45, 7) is 3.19. The molecule has 174 valence electrons. The number of nitrogens with zero attached hydrogens (tertiary/aromatic N) is 4. The summed E-state index contributed by atoms with van der Waals surface area (Å²) in [4.78, 5) is 28.6. The third kappa shape index (κ3) is 3.81. The molecular weight excluding hydrogens is 432 g/mol. The summed E-state index contributed by atoms with van der Waals surface area (Å²) in [5.74, 6) is 0. The highest BCUT2D eigenvalue weighted by Gasteiger charge is 2.30. The number of aliphatic hydroxyl groups is 1. The van der Waals surface area contributed by atoms with Crippen molar-refractivity contribution in [2.45, 2.75) is 13.2 Å². The van der Waals surface area contributed by atoms with Crippen LogP contribution in [0.15, 0.2) is 65.5 Å². The molecule has 8 heteroatoms. The number of anilines is 1. The molecule has 1 saturated heterocycles. The molecule has 1 aromatic heterocycles. The number of aromatic nitrogens is 1. The van der Waals surface area contributed by atoms with Gasteiger partial charge in [0.2, 0.25) is 0 Å². The van der Waals surface area contributed by atoms with Crippen molar-refractivity contribution in [3.63, 3.8) is 0 Å². The van der Waals surface area contributed by atoms with Crippen molar-refractivity contribution >= 4 is 33.1 Å². The van der Waals surface area contributed by atoms with Crippen LogP contribution in [-0.2, 0) is 20.2 Å². The van der Waals surface area contributed by atoms with Crippen LogP contribution in [0.1, 0.15) is 11.1 Å². The van der Waals surface area contributed by atoms with Gasteiger partial charge in [0.05, 0.1) is 17.0 Å². The molecule has 1 fully saturated rings. The molecule has 0 unspecified atom stereocenters. The molecule has 0 spiro atoms. The number of fused-ring (bicyclic) bond motifs is 2. The second-order valence-corrected chi connectivity index (χ2v) is 8.73. The highest BCUT2D eigenvalue weighted by Crippen LogP contribution is 2.35. The Morgan fingerprint density at radius 3 is 2.44 bits per heavy atom. The number of aryl methyl sites for hydroxylation is 1. The van der Waals surface area contributed by atoms with E-state index in [4.69, 9.17) is 0 Å². The van der Waals surface area contributed by atoms with Crippen LogP contribution in [0.25, 0.3) is 21.7 Å². The van der Waals surface area contributed by atoms with Gasteiger partial charge < -0.3 is 14.6 Å². The molecule has 0 amide bonds. The normalized spacial score (nSPS) is 14.7. The van der Waals surface area contributed by atoms with E-state index in [2.05, 4.69) is 35.2 Å². The highest BCUT2D eigenvalue weighted by molar-refractivity contribution is 5.97. The first-order chi connectivity index (χ1) is 16.5. The van der Waals surface area contributed by atoms with Gasteiger partial charge in [0.1, 0.15) is 5.69 Å². The molecule has 0 atom stereocenters. The van der Waals surface area contributed by atoms with Crippen LogP contribution in [0.3, 0.4) is 0 Å². The third-order valence-corrected chi connectivity index (χ3v) is 6.74. The van der Waals surface area contributed by atoms with Crippen LogP contribution >= 0.6 is 0 Å². The Morgan fingerprint density at radius 1 is 0.971 bits per heavy atom. The van der Waals surface area contributed by atoms with Gasteiger partial charge in [-0.2, -0.15) is 0 Å². The van der Waals surface area contributed by atoms with Gasteiger partial charge >= 0.3 is 11.2 Å². The maximum Gasteiger partial charge on any atom is 0.357 e. The molecule has 34 heavy (non-hydrogen) atoms. The lowest BCUT2D eigenvalue weighted by Crippen LogP contribution is -2.46. The average Bonchev–Trinajstić information content (AvgIpc) is 2.86. The number of rotatable bonds is 5. The number of benzene rings is 3. The van der Waals surface area contributed by atoms with Crippen molar-refractivity contribution in [3.05, 3.63) is 92.3 Å². The summed E-state index contributed by atoms with van der Waals surface area (Å²) in [5, 5.41) is 24.7. The van der Waals surface area contributed by atoms with Gasteiger partial charge in [0.15, 0.2) is 0 Å². The van der Waals surface area contributed by atoms with Gasteiger partial charge in [0, 0.05) is 45.2 Å². The van der Waals surface area contributed by atoms with E-state index >= 15 is 0 Å². The minimum Gasteiger partial charge on any atom is -0.392 e. The Kier molecular flexibility index (Phi) is 5.77. The summed E-state index contributed by atoms with van der Waals surface area (Å²) < 4.78 is 1.31. The van der Waals surface area contributed by atoms with E-state index in [0.717, 1.165) is 19.6 Å². The minimum absolute atomic E-state index is 0.176. The monoisotopic (exact) mass is 458 g/mol. The summed E-state index contributed by atoms with van der Waals surface area (Å²) in [7, 11) is 1.54. The lowest BCUT2D eigenvalue weighted by atomic mass is 10.0. The van der Waals surface area contributed by atoms with E-state index in [1.165, 1.54) is 20.9 Å². The molecule has 1 N–H and O–H groups in total. The second-order valence-electron chi connectivity index (χ2n) is 8.73. The fourth-order valence-corrected chi connectivity index (χ4v) is 4.95.